The molecule has 5 heteroatoms. The highest BCUT2D eigenvalue weighted by molar-refractivity contribution is 5.76. The molecule has 1 aromatic rings. The van der Waals surface area contributed by atoms with Gasteiger partial charge in [-0.3, -0.25) is 4.79 Å². The van der Waals surface area contributed by atoms with Crippen LogP contribution < -0.4 is 5.32 Å². The Labute approximate surface area is 108 Å². The summed E-state index contributed by atoms with van der Waals surface area (Å²) in [6.45, 7) is 6.14. The zero-order valence-electron chi connectivity index (χ0n) is 11.1. The molecule has 0 aromatic carbocycles. The summed E-state index contributed by atoms with van der Waals surface area (Å²) in [6, 6.07) is 0. The largest absolute Gasteiger partial charge is 0.340 e. The number of imidazole rings is 1. The highest BCUT2D eigenvalue weighted by atomic mass is 16.2. The Morgan fingerprint density at radius 1 is 1.44 bits per heavy atom. The fourth-order valence-corrected chi connectivity index (χ4v) is 2.28. The molecule has 0 spiro atoms. The fraction of sp³-hybridized carbons (Fsp3) is 0.692. The van der Waals surface area contributed by atoms with Gasteiger partial charge in [0.2, 0.25) is 5.91 Å². The van der Waals surface area contributed by atoms with Gasteiger partial charge >= 0.3 is 0 Å². The van der Waals surface area contributed by atoms with Gasteiger partial charge in [-0.1, -0.05) is 6.92 Å². The Morgan fingerprint density at radius 3 is 3.17 bits per heavy atom. The van der Waals surface area contributed by atoms with E-state index in [-0.39, 0.29) is 5.91 Å². The number of nitrogens with one attached hydrogen (secondary N) is 1. The van der Waals surface area contributed by atoms with Crippen molar-refractivity contribution in [2.24, 2.45) is 0 Å². The molecule has 1 aliphatic heterocycles. The highest BCUT2D eigenvalue weighted by Crippen LogP contribution is 2.04. The minimum absolute atomic E-state index is 0.203. The summed E-state index contributed by atoms with van der Waals surface area (Å²) < 4.78 is 1.98. The van der Waals surface area contributed by atoms with Gasteiger partial charge in [0.25, 0.3) is 0 Å². The van der Waals surface area contributed by atoms with Crippen molar-refractivity contribution >= 4 is 5.91 Å². The van der Waals surface area contributed by atoms with E-state index >= 15 is 0 Å². The third-order valence-corrected chi connectivity index (χ3v) is 3.27. The van der Waals surface area contributed by atoms with E-state index in [2.05, 4.69) is 17.2 Å². The molecule has 2 rings (SSSR count). The summed E-state index contributed by atoms with van der Waals surface area (Å²) in [5.41, 5.74) is 0. The molecule has 1 saturated heterocycles. The first-order valence-corrected chi connectivity index (χ1v) is 6.79. The molecule has 2 heterocycles. The number of hydrogen-bond acceptors (Lipinski definition) is 3. The lowest BCUT2D eigenvalue weighted by Crippen LogP contribution is -2.36. The number of nitrogens with zero attached hydrogens (tertiary/aromatic N) is 3. The van der Waals surface area contributed by atoms with Gasteiger partial charge < -0.3 is 14.8 Å². The van der Waals surface area contributed by atoms with Crippen LogP contribution in [0.5, 0.6) is 0 Å². The third-order valence-electron chi connectivity index (χ3n) is 3.27. The SMILES string of the molecule is CCCc1nccn1CC(=O)N1CCCNCC1. The Hall–Kier alpha value is -1.36. The predicted octanol–water partition coefficient (Wildman–Crippen LogP) is 0.657. The first kappa shape index (κ1) is 13.1. The average Bonchev–Trinajstić information content (AvgIpc) is 2.66. The molecule has 1 fully saturated rings. The summed E-state index contributed by atoms with van der Waals surface area (Å²) in [4.78, 5) is 18.5. The van der Waals surface area contributed by atoms with E-state index in [4.69, 9.17) is 0 Å². The predicted molar refractivity (Wildman–Crippen MR) is 70.3 cm³/mol. The molecule has 0 unspecified atom stereocenters. The maximum absolute atomic E-state index is 12.2. The van der Waals surface area contributed by atoms with Crippen LogP contribution in [0.2, 0.25) is 0 Å². The lowest BCUT2D eigenvalue weighted by atomic mass is 10.3. The molecule has 0 saturated carbocycles. The van der Waals surface area contributed by atoms with Gasteiger partial charge in [-0.15, -0.1) is 0 Å². The molecule has 1 amide bonds. The van der Waals surface area contributed by atoms with Crippen molar-refractivity contribution in [3.05, 3.63) is 18.2 Å². The Morgan fingerprint density at radius 2 is 2.33 bits per heavy atom. The lowest BCUT2D eigenvalue weighted by Gasteiger charge is -2.20. The van der Waals surface area contributed by atoms with Crippen LogP contribution in [0.4, 0.5) is 0 Å². The van der Waals surface area contributed by atoms with Crippen molar-refractivity contribution in [1.82, 2.24) is 19.8 Å². The van der Waals surface area contributed by atoms with E-state index in [0.717, 1.165) is 51.3 Å². The van der Waals surface area contributed by atoms with Crippen LogP contribution in [0.1, 0.15) is 25.6 Å². The van der Waals surface area contributed by atoms with E-state index < -0.39 is 0 Å². The maximum Gasteiger partial charge on any atom is 0.242 e. The van der Waals surface area contributed by atoms with Gasteiger partial charge in [-0.05, 0) is 19.4 Å². The second-order valence-corrected chi connectivity index (χ2v) is 4.71. The van der Waals surface area contributed by atoms with Crippen molar-refractivity contribution in [2.45, 2.75) is 32.7 Å². The molecule has 0 aliphatic carbocycles. The summed E-state index contributed by atoms with van der Waals surface area (Å²) in [5.74, 6) is 1.22. The van der Waals surface area contributed by atoms with Crippen molar-refractivity contribution in [2.75, 3.05) is 26.2 Å². The normalized spacial score (nSPS) is 16.6. The summed E-state index contributed by atoms with van der Waals surface area (Å²) in [7, 11) is 0. The number of aryl methyl sites for hydroxylation is 1. The maximum atomic E-state index is 12.2. The fourth-order valence-electron chi connectivity index (χ4n) is 2.28. The molecule has 0 atom stereocenters. The van der Waals surface area contributed by atoms with Crippen molar-refractivity contribution in [1.29, 1.82) is 0 Å². The van der Waals surface area contributed by atoms with Crippen LogP contribution in [0.15, 0.2) is 12.4 Å². The van der Waals surface area contributed by atoms with Gasteiger partial charge in [-0.2, -0.15) is 0 Å². The molecule has 100 valence electrons. The molecule has 18 heavy (non-hydrogen) atoms. The van der Waals surface area contributed by atoms with E-state index in [1.807, 2.05) is 15.7 Å². The summed E-state index contributed by atoms with van der Waals surface area (Å²) in [6.07, 6.45) is 6.71. The van der Waals surface area contributed by atoms with Gasteiger partial charge in [0.1, 0.15) is 12.4 Å². The topological polar surface area (TPSA) is 50.2 Å². The lowest BCUT2D eigenvalue weighted by molar-refractivity contribution is -0.131. The van der Waals surface area contributed by atoms with Crippen LogP contribution in [0.25, 0.3) is 0 Å². The number of carbonyl (C=O) groups excluding carboxylic acids is 1. The van der Waals surface area contributed by atoms with E-state index in [1.54, 1.807) is 6.20 Å². The van der Waals surface area contributed by atoms with Crippen LogP contribution >= 0.6 is 0 Å². The summed E-state index contributed by atoms with van der Waals surface area (Å²) >= 11 is 0. The smallest absolute Gasteiger partial charge is 0.242 e. The molecule has 1 N–H and O–H groups in total. The zero-order chi connectivity index (χ0) is 12.8. The van der Waals surface area contributed by atoms with Crippen LogP contribution in [-0.2, 0) is 17.8 Å². The van der Waals surface area contributed by atoms with E-state index in [1.165, 1.54) is 0 Å². The number of hydrogen-bond donors (Lipinski definition) is 1. The number of rotatable bonds is 4. The number of amides is 1. The van der Waals surface area contributed by atoms with Gasteiger partial charge in [0.05, 0.1) is 0 Å². The standard InChI is InChI=1S/C13H22N4O/c1-2-4-12-15-7-10-17(12)11-13(18)16-8-3-5-14-6-9-16/h7,10,14H,2-6,8-9,11H2,1H3. The first-order valence-electron chi connectivity index (χ1n) is 6.79. The van der Waals surface area contributed by atoms with Gasteiger partial charge in [0.15, 0.2) is 0 Å². The van der Waals surface area contributed by atoms with Crippen LogP contribution in [-0.4, -0.2) is 46.5 Å². The third kappa shape index (κ3) is 3.32. The quantitative estimate of drug-likeness (QED) is 0.854. The minimum atomic E-state index is 0.203. The molecule has 5 nitrogen and oxygen atoms in total. The Balaban J connectivity index is 1.94. The highest BCUT2D eigenvalue weighted by Gasteiger charge is 2.16. The molecule has 1 aliphatic rings. The van der Waals surface area contributed by atoms with Crippen molar-refractivity contribution in [3.63, 3.8) is 0 Å². The van der Waals surface area contributed by atoms with Crippen LogP contribution in [0.3, 0.4) is 0 Å². The van der Waals surface area contributed by atoms with Crippen molar-refractivity contribution < 1.29 is 4.79 Å². The summed E-state index contributed by atoms with van der Waals surface area (Å²) in [5, 5.41) is 3.31. The first-order chi connectivity index (χ1) is 8.81. The van der Waals surface area contributed by atoms with Gasteiger partial charge in [-0.25, -0.2) is 4.98 Å². The Kier molecular flexibility index (Phi) is 4.75. The minimum Gasteiger partial charge on any atom is -0.340 e. The molecule has 0 radical (unpaired) electrons. The number of carbonyl (C=O) groups is 1. The van der Waals surface area contributed by atoms with Gasteiger partial charge in [0, 0.05) is 38.4 Å². The van der Waals surface area contributed by atoms with Crippen molar-refractivity contribution in [3.8, 4) is 0 Å². The number of aromatic nitrogens is 2. The Bertz CT molecular complexity index is 380. The average molecular weight is 250 g/mol. The van der Waals surface area contributed by atoms with E-state index in [0.29, 0.717) is 6.54 Å². The zero-order valence-corrected chi connectivity index (χ0v) is 11.1. The molecular formula is C13H22N4O. The van der Waals surface area contributed by atoms with Crippen LogP contribution in [0, 0.1) is 0 Å². The molecule has 0 bridgehead atoms. The molecular weight excluding hydrogens is 228 g/mol. The second-order valence-electron chi connectivity index (χ2n) is 4.71. The van der Waals surface area contributed by atoms with E-state index in [9.17, 15) is 4.79 Å². The molecule has 1 aromatic heterocycles. The monoisotopic (exact) mass is 250 g/mol. The second kappa shape index (κ2) is 6.54.